The van der Waals surface area contributed by atoms with Gasteiger partial charge in [-0.2, -0.15) is 0 Å². The molecule has 0 radical (unpaired) electrons. The van der Waals surface area contributed by atoms with Gasteiger partial charge < -0.3 is 4.90 Å². The summed E-state index contributed by atoms with van der Waals surface area (Å²) in [6.07, 6.45) is 3.53. The van der Waals surface area contributed by atoms with Crippen molar-refractivity contribution < 1.29 is 4.79 Å². The first-order chi connectivity index (χ1) is 7.18. The molecule has 1 aliphatic heterocycles. The average molecular weight is 288 g/mol. The van der Waals surface area contributed by atoms with Crippen LogP contribution in [0.4, 0.5) is 0 Å². The van der Waals surface area contributed by atoms with Crippen LogP contribution in [0.5, 0.6) is 0 Å². The SMILES string of the molecule is CC1CCCCN1C(=O)c1cc(Br)cs1. The first kappa shape index (κ1) is 11.1. The van der Waals surface area contributed by atoms with Gasteiger partial charge in [-0.3, -0.25) is 4.79 Å². The lowest BCUT2D eigenvalue weighted by molar-refractivity contribution is 0.0640. The minimum atomic E-state index is 0.193. The van der Waals surface area contributed by atoms with E-state index >= 15 is 0 Å². The van der Waals surface area contributed by atoms with Crippen molar-refractivity contribution >= 4 is 33.2 Å². The second kappa shape index (κ2) is 4.66. The van der Waals surface area contributed by atoms with Crippen LogP contribution in [0.3, 0.4) is 0 Å². The predicted octanol–water partition coefficient (Wildman–Crippen LogP) is 3.53. The second-order valence-corrected chi connectivity index (χ2v) is 5.80. The zero-order chi connectivity index (χ0) is 10.8. The summed E-state index contributed by atoms with van der Waals surface area (Å²) in [7, 11) is 0. The normalized spacial score (nSPS) is 21.7. The molecule has 2 heterocycles. The van der Waals surface area contributed by atoms with Gasteiger partial charge in [0.2, 0.25) is 0 Å². The molecule has 1 aliphatic rings. The molecule has 0 bridgehead atoms. The number of nitrogens with zero attached hydrogens (tertiary/aromatic N) is 1. The second-order valence-electron chi connectivity index (χ2n) is 3.97. The number of amides is 1. The minimum Gasteiger partial charge on any atom is -0.335 e. The molecule has 0 N–H and O–H groups in total. The first-order valence-electron chi connectivity index (χ1n) is 5.23. The molecule has 0 aliphatic carbocycles. The molecule has 1 atom stereocenters. The number of piperidine rings is 1. The van der Waals surface area contributed by atoms with Gasteiger partial charge in [-0.05, 0) is 48.2 Å². The quantitative estimate of drug-likeness (QED) is 0.774. The molecular formula is C11H14BrNOS. The monoisotopic (exact) mass is 287 g/mol. The van der Waals surface area contributed by atoms with E-state index in [2.05, 4.69) is 22.9 Å². The van der Waals surface area contributed by atoms with Crippen LogP contribution in [0.25, 0.3) is 0 Å². The lowest BCUT2D eigenvalue weighted by Gasteiger charge is -2.33. The number of halogens is 1. The fourth-order valence-corrected chi connectivity index (χ4v) is 3.35. The van der Waals surface area contributed by atoms with Gasteiger partial charge in [0.15, 0.2) is 0 Å². The van der Waals surface area contributed by atoms with Crippen molar-refractivity contribution in [1.82, 2.24) is 4.90 Å². The highest BCUT2D eigenvalue weighted by Gasteiger charge is 2.24. The van der Waals surface area contributed by atoms with Crippen molar-refractivity contribution in [2.45, 2.75) is 32.2 Å². The first-order valence-corrected chi connectivity index (χ1v) is 6.91. The molecule has 0 aromatic carbocycles. The lowest BCUT2D eigenvalue weighted by atomic mass is 10.0. The van der Waals surface area contributed by atoms with Crippen molar-refractivity contribution in [2.75, 3.05) is 6.54 Å². The number of hydrogen-bond acceptors (Lipinski definition) is 2. The molecule has 15 heavy (non-hydrogen) atoms. The van der Waals surface area contributed by atoms with Crippen LogP contribution in [0, 0.1) is 0 Å². The summed E-state index contributed by atoms with van der Waals surface area (Å²) in [5, 5.41) is 1.96. The number of likely N-dealkylation sites (tertiary alicyclic amines) is 1. The Hall–Kier alpha value is -0.350. The molecule has 1 aromatic rings. The van der Waals surface area contributed by atoms with E-state index in [0.717, 1.165) is 28.7 Å². The summed E-state index contributed by atoms with van der Waals surface area (Å²) in [6, 6.07) is 2.31. The van der Waals surface area contributed by atoms with Crippen LogP contribution >= 0.6 is 27.3 Å². The zero-order valence-corrected chi connectivity index (χ0v) is 11.1. The average Bonchev–Trinajstić information content (AvgIpc) is 2.65. The van der Waals surface area contributed by atoms with E-state index < -0.39 is 0 Å². The van der Waals surface area contributed by atoms with Gasteiger partial charge in [-0.1, -0.05) is 0 Å². The number of thiophene rings is 1. The summed E-state index contributed by atoms with van der Waals surface area (Å²) < 4.78 is 1.00. The number of hydrogen-bond donors (Lipinski definition) is 0. The van der Waals surface area contributed by atoms with Gasteiger partial charge >= 0.3 is 0 Å². The van der Waals surface area contributed by atoms with Gasteiger partial charge in [0.1, 0.15) is 0 Å². The lowest BCUT2D eigenvalue weighted by Crippen LogP contribution is -2.41. The van der Waals surface area contributed by atoms with Gasteiger partial charge in [0.25, 0.3) is 5.91 Å². The fraction of sp³-hybridized carbons (Fsp3) is 0.545. The van der Waals surface area contributed by atoms with Crippen LogP contribution in [0.15, 0.2) is 15.9 Å². The third kappa shape index (κ3) is 2.42. The van der Waals surface area contributed by atoms with E-state index in [4.69, 9.17) is 0 Å². The standard InChI is InChI=1S/C11H14BrNOS/c1-8-4-2-3-5-13(8)11(14)10-6-9(12)7-15-10/h6-8H,2-5H2,1H3. The fourth-order valence-electron chi connectivity index (χ4n) is 1.97. The molecule has 0 saturated carbocycles. The molecule has 4 heteroatoms. The van der Waals surface area contributed by atoms with E-state index in [9.17, 15) is 4.79 Å². The van der Waals surface area contributed by atoms with Crippen LogP contribution in [-0.4, -0.2) is 23.4 Å². The smallest absolute Gasteiger partial charge is 0.264 e. The number of carbonyl (C=O) groups excluding carboxylic acids is 1. The molecule has 1 amide bonds. The maximum absolute atomic E-state index is 12.1. The summed E-state index contributed by atoms with van der Waals surface area (Å²) in [4.78, 5) is 15.0. The third-order valence-corrected chi connectivity index (χ3v) is 4.52. The molecule has 1 fully saturated rings. The number of carbonyl (C=O) groups is 1. The summed E-state index contributed by atoms with van der Waals surface area (Å²) in [5.74, 6) is 0.193. The molecule has 2 rings (SSSR count). The van der Waals surface area contributed by atoms with Gasteiger partial charge in [-0.25, -0.2) is 0 Å². The van der Waals surface area contributed by atoms with Crippen LogP contribution in [-0.2, 0) is 0 Å². The summed E-state index contributed by atoms with van der Waals surface area (Å²) in [5.41, 5.74) is 0. The van der Waals surface area contributed by atoms with E-state index in [1.807, 2.05) is 16.3 Å². The van der Waals surface area contributed by atoms with Gasteiger partial charge in [0.05, 0.1) is 4.88 Å². The van der Waals surface area contributed by atoms with Crippen LogP contribution in [0.2, 0.25) is 0 Å². The highest BCUT2D eigenvalue weighted by Crippen LogP contribution is 2.24. The molecule has 1 aromatic heterocycles. The molecule has 1 unspecified atom stereocenters. The Bertz CT molecular complexity index is 363. The van der Waals surface area contributed by atoms with Gasteiger partial charge in [0, 0.05) is 22.4 Å². The van der Waals surface area contributed by atoms with E-state index in [0.29, 0.717) is 6.04 Å². The maximum atomic E-state index is 12.1. The summed E-state index contributed by atoms with van der Waals surface area (Å²) in [6.45, 7) is 3.05. The number of rotatable bonds is 1. The van der Waals surface area contributed by atoms with Crippen molar-refractivity contribution in [1.29, 1.82) is 0 Å². The van der Waals surface area contributed by atoms with E-state index in [-0.39, 0.29) is 5.91 Å². The maximum Gasteiger partial charge on any atom is 0.264 e. The molecule has 0 spiro atoms. The van der Waals surface area contributed by atoms with E-state index in [1.54, 1.807) is 0 Å². The van der Waals surface area contributed by atoms with Gasteiger partial charge in [-0.15, -0.1) is 11.3 Å². The van der Waals surface area contributed by atoms with E-state index in [1.165, 1.54) is 17.8 Å². The van der Waals surface area contributed by atoms with Crippen molar-refractivity contribution in [2.24, 2.45) is 0 Å². The van der Waals surface area contributed by atoms with Crippen LogP contribution < -0.4 is 0 Å². The Labute approximate surface area is 102 Å². The third-order valence-electron chi connectivity index (χ3n) is 2.84. The Balaban J connectivity index is 2.13. The van der Waals surface area contributed by atoms with Crippen LogP contribution in [0.1, 0.15) is 35.9 Å². The highest BCUT2D eigenvalue weighted by atomic mass is 79.9. The minimum absolute atomic E-state index is 0.193. The Morgan fingerprint density at radius 2 is 2.40 bits per heavy atom. The van der Waals surface area contributed by atoms with Crippen molar-refractivity contribution in [3.8, 4) is 0 Å². The molecular weight excluding hydrogens is 274 g/mol. The summed E-state index contributed by atoms with van der Waals surface area (Å²) >= 11 is 4.89. The Kier molecular flexibility index (Phi) is 3.46. The largest absolute Gasteiger partial charge is 0.335 e. The topological polar surface area (TPSA) is 20.3 Å². The highest BCUT2D eigenvalue weighted by molar-refractivity contribution is 9.10. The Morgan fingerprint density at radius 1 is 1.60 bits per heavy atom. The molecule has 2 nitrogen and oxygen atoms in total. The van der Waals surface area contributed by atoms with Crippen molar-refractivity contribution in [3.63, 3.8) is 0 Å². The Morgan fingerprint density at radius 3 is 3.00 bits per heavy atom. The predicted molar refractivity (Wildman–Crippen MR) is 66.4 cm³/mol. The van der Waals surface area contributed by atoms with Crippen molar-refractivity contribution in [3.05, 3.63) is 20.8 Å². The zero-order valence-electron chi connectivity index (χ0n) is 8.70. The molecule has 1 saturated heterocycles. The molecule has 82 valence electrons.